The van der Waals surface area contributed by atoms with Gasteiger partial charge in [-0.05, 0) is 19.3 Å². The summed E-state index contributed by atoms with van der Waals surface area (Å²) in [4.78, 5) is 14.6. The lowest BCUT2D eigenvalue weighted by atomic mass is 9.67. The summed E-state index contributed by atoms with van der Waals surface area (Å²) in [6.45, 7) is 1.45. The lowest BCUT2D eigenvalue weighted by Gasteiger charge is -2.41. The fraction of sp³-hybridized carbons (Fsp3) is 0.818. The highest BCUT2D eigenvalue weighted by atomic mass is 32.1. The van der Waals surface area contributed by atoms with E-state index < -0.39 is 5.41 Å². The third-order valence-corrected chi connectivity index (χ3v) is 4.24. The lowest BCUT2D eigenvalue weighted by Crippen LogP contribution is -2.54. The number of carbonyl (C=O) groups is 1. The van der Waals surface area contributed by atoms with Crippen LogP contribution in [0.15, 0.2) is 0 Å². The largest absolute Gasteiger partial charge is 0.392 e. The van der Waals surface area contributed by atoms with Crippen LogP contribution in [0.2, 0.25) is 0 Å². The van der Waals surface area contributed by atoms with Crippen LogP contribution in [0.3, 0.4) is 0 Å². The van der Waals surface area contributed by atoms with Gasteiger partial charge in [-0.2, -0.15) is 0 Å². The average molecular weight is 242 g/mol. The van der Waals surface area contributed by atoms with Crippen molar-refractivity contribution in [1.29, 1.82) is 0 Å². The van der Waals surface area contributed by atoms with Crippen LogP contribution in [0.4, 0.5) is 0 Å². The Kier molecular flexibility index (Phi) is 3.17. The van der Waals surface area contributed by atoms with Crippen molar-refractivity contribution in [2.75, 3.05) is 20.2 Å². The molecule has 0 aromatic heterocycles. The van der Waals surface area contributed by atoms with E-state index in [1.165, 1.54) is 0 Å². The Labute approximate surface area is 101 Å². The fourth-order valence-electron chi connectivity index (χ4n) is 2.50. The van der Waals surface area contributed by atoms with E-state index in [9.17, 15) is 4.79 Å². The summed E-state index contributed by atoms with van der Waals surface area (Å²) in [6, 6.07) is 0. The minimum atomic E-state index is -0.530. The van der Waals surface area contributed by atoms with Gasteiger partial charge in [0.15, 0.2) is 0 Å². The van der Waals surface area contributed by atoms with Crippen molar-refractivity contribution in [3.8, 4) is 0 Å². The van der Waals surface area contributed by atoms with E-state index in [-0.39, 0.29) is 12.0 Å². The molecule has 2 fully saturated rings. The molecule has 90 valence electrons. The maximum absolute atomic E-state index is 12.4. The summed E-state index contributed by atoms with van der Waals surface area (Å²) in [7, 11) is 1.69. The van der Waals surface area contributed by atoms with E-state index >= 15 is 0 Å². The van der Waals surface area contributed by atoms with Crippen LogP contribution < -0.4 is 5.73 Å². The predicted octanol–water partition coefficient (Wildman–Crippen LogP) is 0.690. The zero-order chi connectivity index (χ0) is 11.8. The summed E-state index contributed by atoms with van der Waals surface area (Å²) in [5.41, 5.74) is 5.19. The van der Waals surface area contributed by atoms with Crippen LogP contribution in [0.1, 0.15) is 25.7 Å². The van der Waals surface area contributed by atoms with Crippen molar-refractivity contribution in [2.45, 2.75) is 31.8 Å². The van der Waals surface area contributed by atoms with Gasteiger partial charge in [0, 0.05) is 20.2 Å². The van der Waals surface area contributed by atoms with Gasteiger partial charge >= 0.3 is 0 Å². The molecule has 2 N–H and O–H groups in total. The molecule has 16 heavy (non-hydrogen) atoms. The van der Waals surface area contributed by atoms with Crippen molar-refractivity contribution in [1.82, 2.24) is 4.90 Å². The maximum Gasteiger partial charge on any atom is 0.235 e. The molecule has 2 rings (SSSR count). The molecule has 0 spiro atoms. The molecule has 0 aromatic carbocycles. The number of nitrogens with two attached hydrogens (primary N) is 1. The van der Waals surface area contributed by atoms with Gasteiger partial charge in [-0.3, -0.25) is 4.79 Å². The van der Waals surface area contributed by atoms with Gasteiger partial charge < -0.3 is 15.4 Å². The number of likely N-dealkylation sites (tertiary alicyclic amines) is 1. The van der Waals surface area contributed by atoms with E-state index in [1.807, 2.05) is 4.90 Å². The van der Waals surface area contributed by atoms with Crippen molar-refractivity contribution >= 4 is 23.1 Å². The highest BCUT2D eigenvalue weighted by Gasteiger charge is 2.49. The number of carbonyl (C=O) groups excluding carboxylic acids is 1. The highest BCUT2D eigenvalue weighted by Crippen LogP contribution is 2.43. The predicted molar refractivity (Wildman–Crippen MR) is 65.1 cm³/mol. The highest BCUT2D eigenvalue weighted by molar-refractivity contribution is 7.80. The molecular formula is C11H18N2O2S. The molecule has 0 bridgehead atoms. The van der Waals surface area contributed by atoms with E-state index in [0.29, 0.717) is 11.5 Å². The number of rotatable bonds is 3. The fourth-order valence-corrected chi connectivity index (χ4v) is 2.80. The molecule has 2 aliphatic rings. The second kappa shape index (κ2) is 4.30. The smallest absolute Gasteiger partial charge is 0.235 e. The monoisotopic (exact) mass is 242 g/mol. The van der Waals surface area contributed by atoms with E-state index in [4.69, 9.17) is 22.7 Å². The summed E-state index contributed by atoms with van der Waals surface area (Å²) in [5, 5.41) is 0. The van der Waals surface area contributed by atoms with Gasteiger partial charge in [-0.15, -0.1) is 0 Å². The molecule has 5 heteroatoms. The molecule has 1 saturated heterocycles. The van der Waals surface area contributed by atoms with Gasteiger partial charge in [-0.25, -0.2) is 0 Å². The quantitative estimate of drug-likeness (QED) is 0.740. The van der Waals surface area contributed by atoms with Gasteiger partial charge in [-0.1, -0.05) is 18.6 Å². The summed E-state index contributed by atoms with van der Waals surface area (Å²) < 4.78 is 5.26. The van der Waals surface area contributed by atoms with Gasteiger partial charge in [0.2, 0.25) is 5.91 Å². The molecule has 1 atom stereocenters. The molecule has 0 radical (unpaired) electrons. The zero-order valence-electron chi connectivity index (χ0n) is 9.57. The van der Waals surface area contributed by atoms with Crippen LogP contribution >= 0.6 is 12.2 Å². The lowest BCUT2D eigenvalue weighted by molar-refractivity contribution is -0.141. The van der Waals surface area contributed by atoms with Crippen LogP contribution in [0.25, 0.3) is 0 Å². The average Bonchev–Trinajstić information content (AvgIpc) is 2.62. The van der Waals surface area contributed by atoms with Crippen molar-refractivity contribution in [3.05, 3.63) is 0 Å². The molecule has 0 aromatic rings. The number of methoxy groups -OCH3 is 1. The maximum atomic E-state index is 12.4. The summed E-state index contributed by atoms with van der Waals surface area (Å²) in [5.74, 6) is 0.116. The standard InChI is InChI=1S/C11H18N2O2S/c1-15-8-3-6-13(7-8)10(14)11(9(12)16)4-2-5-11/h8H,2-7H2,1H3,(H2,12,16). The van der Waals surface area contributed by atoms with E-state index in [2.05, 4.69) is 0 Å². The molecular weight excluding hydrogens is 224 g/mol. The number of amides is 1. The van der Waals surface area contributed by atoms with E-state index in [0.717, 1.165) is 32.2 Å². The first-order valence-electron chi connectivity index (χ1n) is 5.72. The van der Waals surface area contributed by atoms with E-state index in [1.54, 1.807) is 7.11 Å². The van der Waals surface area contributed by atoms with Gasteiger partial charge in [0.1, 0.15) is 0 Å². The minimum absolute atomic E-state index is 0.116. The normalized spacial score (nSPS) is 27.6. The van der Waals surface area contributed by atoms with Crippen molar-refractivity contribution in [3.63, 3.8) is 0 Å². The minimum Gasteiger partial charge on any atom is -0.392 e. The first-order chi connectivity index (χ1) is 7.60. The van der Waals surface area contributed by atoms with Gasteiger partial charge in [0.05, 0.1) is 16.5 Å². The van der Waals surface area contributed by atoms with Gasteiger partial charge in [0.25, 0.3) is 0 Å². The second-order valence-electron chi connectivity index (χ2n) is 4.70. The Hall–Kier alpha value is -0.680. The number of thiocarbonyl (C=S) groups is 1. The summed E-state index contributed by atoms with van der Waals surface area (Å²) in [6.07, 6.45) is 3.76. The van der Waals surface area contributed by atoms with Crippen LogP contribution in [-0.2, 0) is 9.53 Å². The third-order valence-electron chi connectivity index (χ3n) is 3.85. The molecule has 1 unspecified atom stereocenters. The SMILES string of the molecule is COC1CCN(C(=O)C2(C(N)=S)CCC2)C1. The Morgan fingerprint density at radius 1 is 1.56 bits per heavy atom. The van der Waals surface area contributed by atoms with Crippen molar-refractivity contribution < 1.29 is 9.53 Å². The topological polar surface area (TPSA) is 55.6 Å². The first-order valence-corrected chi connectivity index (χ1v) is 6.13. The number of ether oxygens (including phenoxy) is 1. The molecule has 4 nitrogen and oxygen atoms in total. The van der Waals surface area contributed by atoms with Crippen LogP contribution in [-0.4, -0.2) is 42.1 Å². The third kappa shape index (κ3) is 1.72. The van der Waals surface area contributed by atoms with Crippen molar-refractivity contribution in [2.24, 2.45) is 11.1 Å². The van der Waals surface area contributed by atoms with Crippen LogP contribution in [0.5, 0.6) is 0 Å². The molecule has 1 amide bonds. The number of hydrogen-bond donors (Lipinski definition) is 1. The second-order valence-corrected chi connectivity index (χ2v) is 5.14. The molecule has 1 aliphatic heterocycles. The molecule has 1 saturated carbocycles. The Balaban J connectivity index is 2.05. The Morgan fingerprint density at radius 3 is 2.62 bits per heavy atom. The molecule has 1 aliphatic carbocycles. The summed E-state index contributed by atoms with van der Waals surface area (Å²) >= 11 is 5.05. The van der Waals surface area contributed by atoms with Crippen LogP contribution in [0, 0.1) is 5.41 Å². The zero-order valence-corrected chi connectivity index (χ0v) is 10.4. The first kappa shape index (κ1) is 11.8. The number of hydrogen-bond acceptors (Lipinski definition) is 3. The Morgan fingerprint density at radius 2 is 2.25 bits per heavy atom. The molecule has 1 heterocycles. The Bertz CT molecular complexity index is 315. The number of nitrogens with zero attached hydrogens (tertiary/aromatic N) is 1.